The maximum absolute atomic E-state index is 14.4. The summed E-state index contributed by atoms with van der Waals surface area (Å²) < 4.78 is 66.9. The second-order valence-electron chi connectivity index (χ2n) is 9.16. The summed E-state index contributed by atoms with van der Waals surface area (Å²) in [6.07, 6.45) is -4.35. The minimum atomic E-state index is -4.83. The van der Waals surface area contributed by atoms with Gasteiger partial charge < -0.3 is 44.1 Å². The van der Waals surface area contributed by atoms with Crippen LogP contribution >= 0.6 is 7.82 Å². The van der Waals surface area contributed by atoms with Gasteiger partial charge in [0.1, 0.15) is 18.4 Å². The van der Waals surface area contributed by atoms with Gasteiger partial charge in [0.25, 0.3) is 0 Å². The van der Waals surface area contributed by atoms with Gasteiger partial charge in [-0.1, -0.05) is 0 Å². The molecule has 1 amide bonds. The number of halogens is 1. The van der Waals surface area contributed by atoms with Crippen molar-refractivity contribution >= 4 is 26.0 Å². The lowest BCUT2D eigenvalue weighted by molar-refractivity contribution is -0.156. The van der Waals surface area contributed by atoms with Crippen LogP contribution < -0.4 is 5.32 Å². The zero-order valence-corrected chi connectivity index (χ0v) is 23.0. The zero-order chi connectivity index (χ0) is 29.4. The van der Waals surface area contributed by atoms with E-state index in [1.54, 1.807) is 27.7 Å². The number of nitrogens with one attached hydrogen (secondary N) is 1. The summed E-state index contributed by atoms with van der Waals surface area (Å²) in [6.45, 7) is 2.71. The average molecular weight is 588 g/mol. The smallest absolute Gasteiger partial charge is 0.432 e. The number of phosphoric ester groups is 1. The Labute approximate surface area is 223 Å². The van der Waals surface area contributed by atoms with Crippen molar-refractivity contribution in [3.05, 3.63) is 12.3 Å². The Morgan fingerprint density at radius 1 is 1.15 bits per heavy atom. The molecule has 1 fully saturated rings. The Bertz CT molecular complexity index is 916. The van der Waals surface area contributed by atoms with E-state index >= 15 is 0 Å². The monoisotopic (exact) mass is 588 g/mol. The fourth-order valence-electron chi connectivity index (χ4n) is 3.37. The summed E-state index contributed by atoms with van der Waals surface area (Å²) in [4.78, 5) is 35.9. The van der Waals surface area contributed by atoms with Gasteiger partial charge in [0, 0.05) is 12.3 Å². The number of aliphatic hydroxyl groups is 2. The van der Waals surface area contributed by atoms with Crippen molar-refractivity contribution in [1.29, 1.82) is 0 Å². The van der Waals surface area contributed by atoms with Crippen LogP contribution in [-0.4, -0.2) is 103 Å². The van der Waals surface area contributed by atoms with Gasteiger partial charge in [-0.3, -0.25) is 9.32 Å². The molecule has 2 rings (SSSR count). The van der Waals surface area contributed by atoms with E-state index in [0.29, 0.717) is 0 Å². The summed E-state index contributed by atoms with van der Waals surface area (Å²) in [5.41, 5.74) is -4.41. The molecular formula is C21H34FN2O14P. The number of carbonyl (C=O) groups excluding carboxylic acids is 3. The van der Waals surface area contributed by atoms with Crippen LogP contribution in [0.4, 0.5) is 14.0 Å². The van der Waals surface area contributed by atoms with Crippen LogP contribution in [0.5, 0.6) is 0 Å². The molecule has 0 spiro atoms. The lowest BCUT2D eigenvalue weighted by Gasteiger charge is -2.36. The van der Waals surface area contributed by atoms with Gasteiger partial charge >= 0.3 is 20.1 Å². The van der Waals surface area contributed by atoms with Crippen LogP contribution in [0.25, 0.3) is 0 Å². The SMILES string of the molecule is CC(C)OC(=O)OCOP(=O)(OCOC(=O)OC(C)C)OCC1(CF)OC(N2C=CC(=O)NC2)C(C)(O)C1O. The number of nitrogens with zero attached hydrogens (tertiary/aromatic N) is 1. The van der Waals surface area contributed by atoms with Gasteiger partial charge in [-0.2, -0.15) is 0 Å². The lowest BCUT2D eigenvalue weighted by atomic mass is 9.88. The topological polar surface area (TPSA) is 198 Å². The fourth-order valence-corrected chi connectivity index (χ4v) is 4.33. The molecule has 0 aromatic heterocycles. The third kappa shape index (κ3) is 8.99. The molecule has 0 saturated carbocycles. The van der Waals surface area contributed by atoms with Crippen molar-refractivity contribution in [3.8, 4) is 0 Å². The van der Waals surface area contributed by atoms with Crippen molar-refractivity contribution in [1.82, 2.24) is 10.2 Å². The van der Waals surface area contributed by atoms with Crippen molar-refractivity contribution in [2.75, 3.05) is 33.5 Å². The number of carbonyl (C=O) groups is 3. The molecule has 1 saturated heterocycles. The van der Waals surface area contributed by atoms with Gasteiger partial charge in [-0.25, -0.2) is 27.6 Å². The Kier molecular flexibility index (Phi) is 11.5. The molecule has 2 aliphatic rings. The highest BCUT2D eigenvalue weighted by Crippen LogP contribution is 2.52. The van der Waals surface area contributed by atoms with Crippen LogP contribution in [-0.2, 0) is 46.6 Å². The van der Waals surface area contributed by atoms with Crippen LogP contribution in [0.1, 0.15) is 34.6 Å². The van der Waals surface area contributed by atoms with E-state index in [9.17, 15) is 33.6 Å². The molecular weight excluding hydrogens is 554 g/mol. The number of rotatable bonds is 13. The molecule has 224 valence electrons. The first-order chi connectivity index (χ1) is 18.1. The second kappa shape index (κ2) is 13.7. The van der Waals surface area contributed by atoms with Gasteiger partial charge in [-0.05, 0) is 34.6 Å². The maximum Gasteiger partial charge on any atom is 0.510 e. The van der Waals surface area contributed by atoms with Crippen molar-refractivity contribution in [2.45, 2.75) is 70.4 Å². The Morgan fingerprint density at radius 2 is 1.69 bits per heavy atom. The quantitative estimate of drug-likeness (QED) is 0.158. The number of hydrogen-bond donors (Lipinski definition) is 3. The van der Waals surface area contributed by atoms with Gasteiger partial charge in [0.2, 0.25) is 19.5 Å². The number of alkyl halides is 1. The van der Waals surface area contributed by atoms with Gasteiger partial charge in [-0.15, -0.1) is 0 Å². The second-order valence-corrected chi connectivity index (χ2v) is 10.8. The van der Waals surface area contributed by atoms with E-state index in [2.05, 4.69) is 14.8 Å². The zero-order valence-electron chi connectivity index (χ0n) is 22.1. The fraction of sp³-hybridized carbons (Fsp3) is 0.762. The minimum absolute atomic E-state index is 0.134. The minimum Gasteiger partial charge on any atom is -0.432 e. The van der Waals surface area contributed by atoms with E-state index in [-0.39, 0.29) is 6.67 Å². The van der Waals surface area contributed by atoms with E-state index in [1.807, 2.05) is 0 Å². The molecule has 0 radical (unpaired) electrons. The third-order valence-corrected chi connectivity index (χ3v) is 6.47. The number of aliphatic hydroxyl groups excluding tert-OH is 1. The maximum atomic E-state index is 14.4. The molecule has 0 aromatic rings. The average Bonchev–Trinajstić information content (AvgIpc) is 3.03. The van der Waals surface area contributed by atoms with Crippen LogP contribution in [0.3, 0.4) is 0 Å². The lowest BCUT2D eigenvalue weighted by Crippen LogP contribution is -2.56. The molecule has 4 atom stereocenters. The van der Waals surface area contributed by atoms with E-state index in [0.717, 1.165) is 6.08 Å². The first kappa shape index (κ1) is 32.7. The third-order valence-electron chi connectivity index (χ3n) is 5.18. The Hall–Kier alpha value is -2.53. The molecule has 39 heavy (non-hydrogen) atoms. The highest BCUT2D eigenvalue weighted by Gasteiger charge is 2.63. The predicted molar refractivity (Wildman–Crippen MR) is 125 cm³/mol. The summed E-state index contributed by atoms with van der Waals surface area (Å²) in [5, 5.41) is 24.2. The first-order valence-corrected chi connectivity index (χ1v) is 13.2. The Balaban J connectivity index is 2.14. The summed E-state index contributed by atoms with van der Waals surface area (Å²) in [6, 6.07) is 0. The molecule has 2 heterocycles. The normalized spacial score (nSPS) is 27.0. The molecule has 3 N–H and O–H groups in total. The summed E-state index contributed by atoms with van der Waals surface area (Å²) in [5.74, 6) is -0.418. The molecule has 4 unspecified atom stereocenters. The number of amides is 1. The molecule has 0 aliphatic carbocycles. The summed E-state index contributed by atoms with van der Waals surface area (Å²) in [7, 11) is -4.83. The van der Waals surface area contributed by atoms with Gasteiger partial charge in [0.15, 0.2) is 11.8 Å². The molecule has 0 aromatic carbocycles. The van der Waals surface area contributed by atoms with Gasteiger partial charge in [0.05, 0.1) is 25.5 Å². The molecule has 16 nitrogen and oxygen atoms in total. The van der Waals surface area contributed by atoms with E-state index < -0.39 is 88.6 Å². The van der Waals surface area contributed by atoms with Crippen LogP contribution in [0.15, 0.2) is 12.3 Å². The number of phosphoric acid groups is 1. The van der Waals surface area contributed by atoms with E-state index in [1.165, 1.54) is 18.0 Å². The first-order valence-electron chi connectivity index (χ1n) is 11.7. The van der Waals surface area contributed by atoms with E-state index in [4.69, 9.17) is 27.8 Å². The molecule has 18 heteroatoms. The molecule has 2 aliphatic heterocycles. The number of ether oxygens (including phenoxy) is 5. The molecule has 0 bridgehead atoms. The van der Waals surface area contributed by atoms with Crippen LogP contribution in [0, 0.1) is 0 Å². The number of hydrogen-bond acceptors (Lipinski definition) is 15. The highest BCUT2D eigenvalue weighted by molar-refractivity contribution is 7.48. The summed E-state index contributed by atoms with van der Waals surface area (Å²) >= 11 is 0. The largest absolute Gasteiger partial charge is 0.510 e. The van der Waals surface area contributed by atoms with Crippen molar-refractivity contribution in [2.24, 2.45) is 0 Å². The predicted octanol–water partition coefficient (Wildman–Crippen LogP) is 1.26. The van der Waals surface area contributed by atoms with Crippen molar-refractivity contribution in [3.63, 3.8) is 0 Å². The standard InChI is InChI=1S/C21H34FN2O14P/c1-13(2)36-18(27)31-11-34-39(30,35-12-32-19(28)37-14(3)4)33-9-21(8-22)16(26)20(5,29)17(38-21)24-7-6-15(25)23-10-24/h6-7,13-14,16-17,26,29H,8-12H2,1-5H3,(H,23,25). The van der Waals surface area contributed by atoms with Crippen molar-refractivity contribution < 1.29 is 70.8 Å². The Morgan fingerprint density at radius 3 is 2.13 bits per heavy atom. The highest BCUT2D eigenvalue weighted by atomic mass is 31.2. The van der Waals surface area contributed by atoms with Crippen LogP contribution in [0.2, 0.25) is 0 Å².